The van der Waals surface area contributed by atoms with Gasteiger partial charge in [-0.2, -0.15) is 0 Å². The molecule has 0 unspecified atom stereocenters. The van der Waals surface area contributed by atoms with Crippen LogP contribution in [0.25, 0.3) is 5.65 Å². The van der Waals surface area contributed by atoms with Crippen LogP contribution in [0.3, 0.4) is 0 Å². The van der Waals surface area contributed by atoms with Gasteiger partial charge in [-0.3, -0.25) is 4.40 Å². The number of nitrogens with zero attached hydrogens (tertiary/aromatic N) is 2. The topological polar surface area (TPSA) is 43.3 Å². The Morgan fingerprint density at radius 3 is 2.40 bits per heavy atom. The maximum Gasteiger partial charge on any atom is 0.138 e. The molecular weight excluding hydrogens is 246 g/mol. The number of aryl methyl sites for hydroxylation is 2. The van der Waals surface area contributed by atoms with Crippen LogP contribution in [-0.2, 0) is 12.8 Å². The van der Waals surface area contributed by atoms with Crippen molar-refractivity contribution in [1.29, 1.82) is 0 Å². The lowest BCUT2D eigenvalue weighted by molar-refractivity contribution is 1.09. The Morgan fingerprint density at radius 2 is 1.75 bits per heavy atom. The molecule has 3 nitrogen and oxygen atoms in total. The molecule has 0 atom stereocenters. The van der Waals surface area contributed by atoms with Crippen LogP contribution in [-0.4, -0.2) is 9.38 Å². The average Bonchev–Trinajstić information content (AvgIpc) is 2.78. The van der Waals surface area contributed by atoms with Crippen molar-refractivity contribution in [1.82, 2.24) is 9.38 Å². The van der Waals surface area contributed by atoms with Gasteiger partial charge in [0.25, 0.3) is 0 Å². The van der Waals surface area contributed by atoms with Crippen molar-refractivity contribution in [3.8, 4) is 0 Å². The summed E-state index contributed by atoms with van der Waals surface area (Å²) in [7, 11) is 0. The fourth-order valence-corrected chi connectivity index (χ4v) is 2.54. The van der Waals surface area contributed by atoms with Crippen LogP contribution in [0.5, 0.6) is 0 Å². The smallest absolute Gasteiger partial charge is 0.138 e. The van der Waals surface area contributed by atoms with Gasteiger partial charge < -0.3 is 5.73 Å². The Bertz CT molecular complexity index is 739. The average molecular weight is 265 g/mol. The van der Waals surface area contributed by atoms with Gasteiger partial charge in [-0.1, -0.05) is 37.3 Å². The molecule has 0 aliphatic heterocycles. The maximum atomic E-state index is 6.24. The van der Waals surface area contributed by atoms with E-state index in [1.807, 2.05) is 29.5 Å². The van der Waals surface area contributed by atoms with E-state index in [9.17, 15) is 0 Å². The van der Waals surface area contributed by atoms with Gasteiger partial charge in [-0.25, -0.2) is 4.98 Å². The van der Waals surface area contributed by atoms with Crippen molar-refractivity contribution >= 4 is 11.5 Å². The number of rotatable bonds is 3. The normalized spacial score (nSPS) is 11.1. The molecule has 0 radical (unpaired) electrons. The molecule has 0 aliphatic rings. The molecule has 3 rings (SSSR count). The number of nitrogens with two attached hydrogens (primary N) is 1. The van der Waals surface area contributed by atoms with Crippen LogP contribution in [0.2, 0.25) is 0 Å². The number of hydrogen-bond acceptors (Lipinski definition) is 2. The van der Waals surface area contributed by atoms with E-state index in [2.05, 4.69) is 36.2 Å². The minimum absolute atomic E-state index is 0.748. The largest absolute Gasteiger partial charge is 0.383 e. The number of benzene rings is 1. The monoisotopic (exact) mass is 265 g/mol. The zero-order chi connectivity index (χ0) is 14.1. The fraction of sp³-hybridized carbons (Fsp3) is 0.235. The van der Waals surface area contributed by atoms with Crippen LogP contribution in [0.1, 0.15) is 29.4 Å². The fourth-order valence-electron chi connectivity index (χ4n) is 2.54. The summed E-state index contributed by atoms with van der Waals surface area (Å²) in [6.07, 6.45) is 1.84. The van der Waals surface area contributed by atoms with E-state index in [0.29, 0.717) is 0 Å². The number of aromatic nitrogens is 2. The van der Waals surface area contributed by atoms with E-state index in [0.717, 1.165) is 35.7 Å². The highest BCUT2D eigenvalue weighted by atomic mass is 15.1. The third kappa shape index (κ3) is 2.16. The summed E-state index contributed by atoms with van der Waals surface area (Å²) in [5.41, 5.74) is 11.8. The molecule has 2 aromatic heterocycles. The number of hydrogen-bond donors (Lipinski definition) is 1. The van der Waals surface area contributed by atoms with Crippen molar-refractivity contribution in [2.45, 2.75) is 26.7 Å². The van der Waals surface area contributed by atoms with Gasteiger partial charge in [0.1, 0.15) is 11.5 Å². The molecule has 1 aromatic carbocycles. The molecule has 0 aliphatic carbocycles. The first kappa shape index (κ1) is 12.7. The third-order valence-electron chi connectivity index (χ3n) is 3.75. The SMILES string of the molecule is CCc1ccc(Cc2nc3cccc(C)n3c2N)cc1. The summed E-state index contributed by atoms with van der Waals surface area (Å²) >= 11 is 0. The van der Waals surface area contributed by atoms with Gasteiger partial charge in [0.15, 0.2) is 0 Å². The summed E-state index contributed by atoms with van der Waals surface area (Å²) in [5, 5.41) is 0. The lowest BCUT2D eigenvalue weighted by Crippen LogP contribution is -1.99. The van der Waals surface area contributed by atoms with Crippen LogP contribution in [0.4, 0.5) is 5.82 Å². The van der Waals surface area contributed by atoms with Crippen molar-refractivity contribution in [3.05, 3.63) is 65.0 Å². The molecule has 20 heavy (non-hydrogen) atoms. The second kappa shape index (κ2) is 5.00. The lowest BCUT2D eigenvalue weighted by Gasteiger charge is -2.03. The zero-order valence-electron chi connectivity index (χ0n) is 11.9. The molecule has 0 saturated heterocycles. The molecule has 0 bridgehead atoms. The number of anilines is 1. The molecule has 2 N–H and O–H groups in total. The molecule has 0 saturated carbocycles. The Hall–Kier alpha value is -2.29. The molecule has 102 valence electrons. The van der Waals surface area contributed by atoms with E-state index in [4.69, 9.17) is 5.73 Å². The molecule has 2 heterocycles. The second-order valence-electron chi connectivity index (χ2n) is 5.15. The standard InChI is InChI=1S/C17H19N3/c1-3-13-7-9-14(10-8-13)11-15-17(18)20-12(2)5-4-6-16(20)19-15/h4-10H,3,11,18H2,1-2H3. The molecular formula is C17H19N3. The highest BCUT2D eigenvalue weighted by molar-refractivity contribution is 5.55. The van der Waals surface area contributed by atoms with Gasteiger partial charge in [-0.15, -0.1) is 0 Å². The Labute approximate surface area is 119 Å². The van der Waals surface area contributed by atoms with Crippen LogP contribution < -0.4 is 5.73 Å². The van der Waals surface area contributed by atoms with Gasteiger partial charge >= 0.3 is 0 Å². The molecule has 3 heteroatoms. The number of imidazole rings is 1. The first-order valence-corrected chi connectivity index (χ1v) is 6.99. The highest BCUT2D eigenvalue weighted by Crippen LogP contribution is 2.20. The lowest BCUT2D eigenvalue weighted by atomic mass is 10.1. The van der Waals surface area contributed by atoms with Gasteiger partial charge in [0, 0.05) is 12.1 Å². The number of pyridine rings is 1. The molecule has 3 aromatic rings. The Morgan fingerprint density at radius 1 is 1.05 bits per heavy atom. The van der Waals surface area contributed by atoms with Gasteiger partial charge in [-0.05, 0) is 36.6 Å². The minimum Gasteiger partial charge on any atom is -0.383 e. The molecule has 0 amide bonds. The third-order valence-corrected chi connectivity index (χ3v) is 3.75. The number of fused-ring (bicyclic) bond motifs is 1. The van der Waals surface area contributed by atoms with E-state index in [1.54, 1.807) is 0 Å². The quantitative estimate of drug-likeness (QED) is 0.789. The summed E-state index contributed by atoms with van der Waals surface area (Å²) in [5.74, 6) is 0.748. The predicted molar refractivity (Wildman–Crippen MR) is 83.0 cm³/mol. The highest BCUT2D eigenvalue weighted by Gasteiger charge is 2.10. The maximum absolute atomic E-state index is 6.24. The van der Waals surface area contributed by atoms with Crippen molar-refractivity contribution in [2.24, 2.45) is 0 Å². The minimum atomic E-state index is 0.748. The van der Waals surface area contributed by atoms with Crippen molar-refractivity contribution in [3.63, 3.8) is 0 Å². The van der Waals surface area contributed by atoms with E-state index < -0.39 is 0 Å². The van der Waals surface area contributed by atoms with Crippen LogP contribution >= 0.6 is 0 Å². The van der Waals surface area contributed by atoms with E-state index >= 15 is 0 Å². The first-order chi connectivity index (χ1) is 9.69. The molecule has 0 spiro atoms. The van der Waals surface area contributed by atoms with E-state index in [1.165, 1.54) is 11.1 Å². The number of nitrogen functional groups attached to an aromatic ring is 1. The molecule has 0 fully saturated rings. The first-order valence-electron chi connectivity index (χ1n) is 6.99. The Balaban J connectivity index is 1.98. The van der Waals surface area contributed by atoms with E-state index in [-0.39, 0.29) is 0 Å². The Kier molecular flexibility index (Phi) is 3.18. The van der Waals surface area contributed by atoms with Crippen molar-refractivity contribution in [2.75, 3.05) is 5.73 Å². The van der Waals surface area contributed by atoms with Gasteiger partial charge in [0.05, 0.1) is 5.69 Å². The second-order valence-corrected chi connectivity index (χ2v) is 5.15. The summed E-state index contributed by atoms with van der Waals surface area (Å²) in [4.78, 5) is 4.65. The summed E-state index contributed by atoms with van der Waals surface area (Å²) < 4.78 is 2.01. The van der Waals surface area contributed by atoms with Gasteiger partial charge in [0.2, 0.25) is 0 Å². The predicted octanol–water partition coefficient (Wildman–Crippen LogP) is 3.38. The zero-order valence-corrected chi connectivity index (χ0v) is 11.9. The van der Waals surface area contributed by atoms with Crippen molar-refractivity contribution < 1.29 is 0 Å². The van der Waals surface area contributed by atoms with Crippen LogP contribution in [0, 0.1) is 6.92 Å². The summed E-state index contributed by atoms with van der Waals surface area (Å²) in [6.45, 7) is 4.21. The summed E-state index contributed by atoms with van der Waals surface area (Å²) in [6, 6.07) is 14.7. The van der Waals surface area contributed by atoms with Crippen LogP contribution in [0.15, 0.2) is 42.5 Å².